The van der Waals surface area contributed by atoms with Gasteiger partial charge in [0.25, 0.3) is 0 Å². The molecule has 0 aliphatic carbocycles. The Labute approximate surface area is 114 Å². The Morgan fingerprint density at radius 3 is 2.80 bits per heavy atom. The largest absolute Gasteiger partial charge is 0.454 e. The fraction of sp³-hybridized carbons (Fsp3) is 0.0714. The van der Waals surface area contributed by atoms with Crippen molar-refractivity contribution in [2.24, 2.45) is 5.16 Å². The zero-order valence-electron chi connectivity index (χ0n) is 10.3. The molecular formula is C14H10N2O4. The van der Waals surface area contributed by atoms with E-state index in [1.54, 1.807) is 36.4 Å². The lowest BCUT2D eigenvalue weighted by Crippen LogP contribution is -2.17. The number of nitrogens with zero attached hydrogens (tertiary/aromatic N) is 2. The zero-order valence-corrected chi connectivity index (χ0v) is 10.3. The maximum atomic E-state index is 12.3. The summed E-state index contributed by atoms with van der Waals surface area (Å²) < 4.78 is 10.4. The van der Waals surface area contributed by atoms with Crippen molar-refractivity contribution in [1.29, 1.82) is 0 Å². The summed E-state index contributed by atoms with van der Waals surface area (Å²) in [5.74, 6) is 0.640. The third kappa shape index (κ3) is 2.07. The van der Waals surface area contributed by atoms with Gasteiger partial charge in [0.15, 0.2) is 17.2 Å². The van der Waals surface area contributed by atoms with Crippen LogP contribution in [0.4, 0.5) is 0 Å². The summed E-state index contributed by atoms with van der Waals surface area (Å²) in [4.78, 5) is 16.2. The first-order valence-electron chi connectivity index (χ1n) is 5.87. The fourth-order valence-electron chi connectivity index (χ4n) is 1.90. The molecule has 0 fully saturated rings. The Balaban J connectivity index is 1.97. The highest BCUT2D eigenvalue weighted by Crippen LogP contribution is 2.32. The first kappa shape index (κ1) is 12.2. The van der Waals surface area contributed by atoms with E-state index in [4.69, 9.17) is 14.7 Å². The molecule has 1 N–H and O–H groups in total. The number of hydrogen-bond acceptors (Lipinski definition) is 6. The van der Waals surface area contributed by atoms with Crippen LogP contribution in [0.15, 0.2) is 47.8 Å². The zero-order chi connectivity index (χ0) is 13.9. The Kier molecular flexibility index (Phi) is 3.04. The minimum Gasteiger partial charge on any atom is -0.454 e. The molecule has 1 aliphatic heterocycles. The van der Waals surface area contributed by atoms with Gasteiger partial charge in [0.2, 0.25) is 12.6 Å². The molecule has 3 rings (SSSR count). The molecule has 0 spiro atoms. The molecule has 0 unspecified atom stereocenters. The number of aromatic nitrogens is 1. The highest BCUT2D eigenvalue weighted by molar-refractivity contribution is 6.50. The van der Waals surface area contributed by atoms with Crippen LogP contribution in [0.3, 0.4) is 0 Å². The van der Waals surface area contributed by atoms with Crippen molar-refractivity contribution in [3.63, 3.8) is 0 Å². The summed E-state index contributed by atoms with van der Waals surface area (Å²) in [6, 6.07) is 9.83. The lowest BCUT2D eigenvalue weighted by atomic mass is 10.0. The molecule has 100 valence electrons. The van der Waals surface area contributed by atoms with E-state index in [-0.39, 0.29) is 18.2 Å². The lowest BCUT2D eigenvalue weighted by Gasteiger charge is -2.04. The molecule has 1 aromatic heterocycles. The number of Topliss-reactive ketones (excluding diaryl/α,β-unsaturated/α-hetero) is 1. The minimum atomic E-state index is -0.466. The third-order valence-electron chi connectivity index (χ3n) is 2.86. The number of benzene rings is 1. The first-order chi connectivity index (χ1) is 9.79. The van der Waals surface area contributed by atoms with Gasteiger partial charge in [-0.1, -0.05) is 11.2 Å². The van der Waals surface area contributed by atoms with Crippen LogP contribution in [0.2, 0.25) is 0 Å². The molecule has 2 heterocycles. The van der Waals surface area contributed by atoms with Gasteiger partial charge in [-0.25, -0.2) is 0 Å². The topological polar surface area (TPSA) is 81.0 Å². The maximum Gasteiger partial charge on any atom is 0.233 e. The molecule has 0 saturated heterocycles. The number of oxime groups is 1. The number of ether oxygens (including phenoxy) is 2. The second-order valence-electron chi connectivity index (χ2n) is 4.06. The van der Waals surface area contributed by atoms with E-state index in [0.29, 0.717) is 17.1 Å². The maximum absolute atomic E-state index is 12.3. The van der Waals surface area contributed by atoms with Crippen LogP contribution >= 0.6 is 0 Å². The van der Waals surface area contributed by atoms with E-state index >= 15 is 0 Å². The summed E-state index contributed by atoms with van der Waals surface area (Å²) in [6.07, 6.45) is 1.50. The monoisotopic (exact) mass is 270 g/mol. The summed E-state index contributed by atoms with van der Waals surface area (Å²) in [6.45, 7) is 0.137. The van der Waals surface area contributed by atoms with Crippen LogP contribution in [-0.4, -0.2) is 28.5 Å². The van der Waals surface area contributed by atoms with Crippen LogP contribution in [-0.2, 0) is 0 Å². The molecule has 20 heavy (non-hydrogen) atoms. The molecule has 6 nitrogen and oxygen atoms in total. The normalized spacial score (nSPS) is 13.3. The van der Waals surface area contributed by atoms with Gasteiger partial charge >= 0.3 is 0 Å². The van der Waals surface area contributed by atoms with Gasteiger partial charge in [-0.15, -0.1) is 0 Å². The van der Waals surface area contributed by atoms with Crippen molar-refractivity contribution in [3.8, 4) is 11.5 Å². The molecule has 0 atom stereocenters. The predicted molar refractivity (Wildman–Crippen MR) is 69.5 cm³/mol. The van der Waals surface area contributed by atoms with Gasteiger partial charge in [0, 0.05) is 11.8 Å². The predicted octanol–water partition coefficient (Wildman–Crippen LogP) is 1.87. The average Bonchev–Trinajstić information content (AvgIpc) is 2.96. The number of carbonyl (C=O) groups excluding carboxylic acids is 1. The Hall–Kier alpha value is -2.89. The van der Waals surface area contributed by atoms with E-state index in [0.717, 1.165) is 0 Å². The summed E-state index contributed by atoms with van der Waals surface area (Å²) >= 11 is 0. The van der Waals surface area contributed by atoms with Gasteiger partial charge in [-0.05, 0) is 30.3 Å². The third-order valence-corrected chi connectivity index (χ3v) is 2.86. The molecule has 0 bridgehead atoms. The van der Waals surface area contributed by atoms with Crippen molar-refractivity contribution in [1.82, 2.24) is 4.98 Å². The van der Waals surface area contributed by atoms with Crippen LogP contribution in [0.1, 0.15) is 16.1 Å². The smallest absolute Gasteiger partial charge is 0.233 e. The Morgan fingerprint density at radius 1 is 1.20 bits per heavy atom. The standard InChI is InChI=1S/C14H10N2O4/c17-14(10-3-1-2-6-15-10)13(16-18)9-4-5-11-12(7-9)20-8-19-11/h1-7,18H,8H2. The Morgan fingerprint density at radius 2 is 2.05 bits per heavy atom. The van der Waals surface area contributed by atoms with Crippen LogP contribution < -0.4 is 9.47 Å². The summed E-state index contributed by atoms with van der Waals surface area (Å²) in [7, 11) is 0. The quantitative estimate of drug-likeness (QED) is 0.398. The highest BCUT2D eigenvalue weighted by atomic mass is 16.7. The number of fused-ring (bicyclic) bond motifs is 1. The van der Waals surface area contributed by atoms with Crippen LogP contribution in [0.5, 0.6) is 11.5 Å². The van der Waals surface area contributed by atoms with Crippen LogP contribution in [0.25, 0.3) is 0 Å². The van der Waals surface area contributed by atoms with Gasteiger partial charge in [0.1, 0.15) is 5.69 Å². The highest BCUT2D eigenvalue weighted by Gasteiger charge is 2.21. The second-order valence-corrected chi connectivity index (χ2v) is 4.06. The second kappa shape index (κ2) is 5.00. The number of ketones is 1. The molecule has 1 aromatic carbocycles. The number of pyridine rings is 1. The van der Waals surface area contributed by atoms with Crippen molar-refractivity contribution in [2.75, 3.05) is 6.79 Å². The molecular weight excluding hydrogens is 260 g/mol. The fourth-order valence-corrected chi connectivity index (χ4v) is 1.90. The SMILES string of the molecule is O=C(C(=NO)c1ccc2c(c1)OCO2)c1ccccn1. The van der Waals surface area contributed by atoms with E-state index in [9.17, 15) is 4.79 Å². The van der Waals surface area contributed by atoms with Crippen molar-refractivity contribution in [3.05, 3.63) is 53.9 Å². The number of rotatable bonds is 3. The molecule has 0 amide bonds. The molecule has 0 radical (unpaired) electrons. The minimum absolute atomic E-state index is 0.0954. The van der Waals surface area contributed by atoms with Crippen molar-refractivity contribution in [2.45, 2.75) is 0 Å². The number of carbonyl (C=O) groups is 1. The van der Waals surface area contributed by atoms with Gasteiger partial charge in [-0.3, -0.25) is 9.78 Å². The molecule has 2 aromatic rings. The van der Waals surface area contributed by atoms with Gasteiger partial charge < -0.3 is 14.7 Å². The molecule has 1 aliphatic rings. The van der Waals surface area contributed by atoms with E-state index in [1.165, 1.54) is 6.20 Å². The van der Waals surface area contributed by atoms with Crippen molar-refractivity contribution >= 4 is 11.5 Å². The summed E-state index contributed by atoms with van der Waals surface area (Å²) in [5.41, 5.74) is 0.548. The average molecular weight is 270 g/mol. The summed E-state index contributed by atoms with van der Waals surface area (Å²) in [5, 5.41) is 12.2. The number of hydrogen-bond donors (Lipinski definition) is 1. The van der Waals surface area contributed by atoms with Gasteiger partial charge in [-0.2, -0.15) is 0 Å². The lowest BCUT2D eigenvalue weighted by molar-refractivity contribution is 0.105. The molecule has 6 heteroatoms. The first-order valence-corrected chi connectivity index (χ1v) is 5.87. The van der Waals surface area contributed by atoms with E-state index in [2.05, 4.69) is 10.1 Å². The van der Waals surface area contributed by atoms with E-state index < -0.39 is 5.78 Å². The van der Waals surface area contributed by atoms with Gasteiger partial charge in [0.05, 0.1) is 0 Å². The van der Waals surface area contributed by atoms with Crippen molar-refractivity contribution < 1.29 is 19.5 Å². The van der Waals surface area contributed by atoms with E-state index in [1.807, 2.05) is 0 Å². The molecule has 0 saturated carbocycles. The van der Waals surface area contributed by atoms with Crippen LogP contribution in [0, 0.1) is 0 Å². The Bertz CT molecular complexity index is 683.